The minimum absolute atomic E-state index is 0.0438. The fraction of sp³-hybridized carbons (Fsp3) is 0.423. The predicted molar refractivity (Wildman–Crippen MR) is 124 cm³/mol. The van der Waals surface area contributed by atoms with Gasteiger partial charge in [-0.25, -0.2) is 0 Å². The van der Waals surface area contributed by atoms with E-state index in [1.807, 2.05) is 13.8 Å². The van der Waals surface area contributed by atoms with Crippen LogP contribution >= 0.6 is 0 Å². The Morgan fingerprint density at radius 1 is 1.00 bits per heavy atom. The molecule has 9 heteroatoms. The number of rotatable bonds is 4. The van der Waals surface area contributed by atoms with Gasteiger partial charge in [0.1, 0.15) is 57.1 Å². The Kier molecular flexibility index (Phi) is 5.79. The van der Waals surface area contributed by atoms with Crippen molar-refractivity contribution in [2.75, 3.05) is 6.61 Å². The van der Waals surface area contributed by atoms with E-state index in [-0.39, 0.29) is 70.3 Å². The summed E-state index contributed by atoms with van der Waals surface area (Å²) in [5.41, 5.74) is -1.67. The normalized spacial score (nSPS) is 20.9. The zero-order valence-electron chi connectivity index (χ0n) is 20.0. The molecule has 2 unspecified atom stereocenters. The SMILES string of the molecule is CCC1COc2c(C)c(O)c(Cc3c(O)c(C#N)c(O)c4c3OC(C)(CC)CC4=O)c(O)c2C1=O. The minimum Gasteiger partial charge on any atom is -0.507 e. The van der Waals surface area contributed by atoms with Crippen molar-refractivity contribution in [1.29, 1.82) is 5.26 Å². The largest absolute Gasteiger partial charge is 0.507 e. The Hall–Kier alpha value is -3.93. The minimum atomic E-state index is -0.931. The number of phenolic OH excluding ortho intramolecular Hbond substituents is 4. The van der Waals surface area contributed by atoms with E-state index in [0.717, 1.165) is 0 Å². The lowest BCUT2D eigenvalue weighted by Crippen LogP contribution is -2.39. The molecule has 2 heterocycles. The molecule has 2 atom stereocenters. The lowest BCUT2D eigenvalue weighted by molar-refractivity contribution is 0.0484. The van der Waals surface area contributed by atoms with Crippen LogP contribution in [0.3, 0.4) is 0 Å². The van der Waals surface area contributed by atoms with E-state index in [4.69, 9.17) is 9.47 Å². The second-order valence-corrected chi connectivity index (χ2v) is 9.33. The average molecular weight is 482 g/mol. The van der Waals surface area contributed by atoms with E-state index in [2.05, 4.69) is 0 Å². The number of benzene rings is 2. The number of Topliss-reactive ketones (excluding diaryl/α,β-unsaturated/α-hetero) is 2. The van der Waals surface area contributed by atoms with Crippen molar-refractivity contribution in [3.05, 3.63) is 33.4 Å². The highest BCUT2D eigenvalue weighted by Gasteiger charge is 2.41. The van der Waals surface area contributed by atoms with Gasteiger partial charge in [0.15, 0.2) is 17.3 Å². The number of aromatic hydroxyl groups is 4. The summed E-state index contributed by atoms with van der Waals surface area (Å²) in [5.74, 6) is -3.46. The number of hydrogen-bond acceptors (Lipinski definition) is 9. The molecule has 0 radical (unpaired) electrons. The molecule has 184 valence electrons. The van der Waals surface area contributed by atoms with Gasteiger partial charge in [0.25, 0.3) is 0 Å². The van der Waals surface area contributed by atoms with Gasteiger partial charge >= 0.3 is 0 Å². The Morgan fingerprint density at radius 2 is 1.69 bits per heavy atom. The lowest BCUT2D eigenvalue weighted by Gasteiger charge is -2.36. The third kappa shape index (κ3) is 3.52. The van der Waals surface area contributed by atoms with E-state index in [9.17, 15) is 35.3 Å². The molecule has 2 aliphatic heterocycles. The summed E-state index contributed by atoms with van der Waals surface area (Å²) in [6.45, 7) is 7.03. The first-order valence-electron chi connectivity index (χ1n) is 11.5. The third-order valence-electron chi connectivity index (χ3n) is 7.14. The highest BCUT2D eigenvalue weighted by molar-refractivity contribution is 6.06. The number of carbonyl (C=O) groups excluding carboxylic acids is 2. The number of fused-ring (bicyclic) bond motifs is 2. The molecule has 0 saturated heterocycles. The summed E-state index contributed by atoms with van der Waals surface area (Å²) in [4.78, 5) is 26.0. The number of hydrogen-bond donors (Lipinski definition) is 4. The molecule has 35 heavy (non-hydrogen) atoms. The molecule has 0 amide bonds. The van der Waals surface area contributed by atoms with Crippen molar-refractivity contribution in [2.45, 2.75) is 59.0 Å². The molecule has 9 nitrogen and oxygen atoms in total. The molecule has 0 fully saturated rings. The highest BCUT2D eigenvalue weighted by Crippen LogP contribution is 2.51. The fourth-order valence-corrected chi connectivity index (χ4v) is 4.72. The van der Waals surface area contributed by atoms with Gasteiger partial charge in [-0.3, -0.25) is 9.59 Å². The Labute approximate surface area is 202 Å². The van der Waals surface area contributed by atoms with E-state index < -0.39 is 40.1 Å². The number of nitriles is 1. The molecular formula is C26H27NO8. The fourth-order valence-electron chi connectivity index (χ4n) is 4.72. The quantitative estimate of drug-likeness (QED) is 0.506. The van der Waals surface area contributed by atoms with Gasteiger partial charge in [0.2, 0.25) is 0 Å². The Bertz CT molecular complexity index is 1320. The second-order valence-electron chi connectivity index (χ2n) is 9.33. The van der Waals surface area contributed by atoms with Crippen molar-refractivity contribution >= 4 is 11.6 Å². The van der Waals surface area contributed by atoms with Gasteiger partial charge in [-0.1, -0.05) is 13.8 Å². The van der Waals surface area contributed by atoms with Crippen molar-refractivity contribution < 1.29 is 39.5 Å². The standard InChI is InChI=1S/C26H27NO8/c1-5-12-10-34-24-11(3)19(29)13(22(32)18(24)20(12)30)7-14-21(31)15(9-27)23(33)17-16(28)8-26(4,6-2)35-25(14)17/h12,29,31-33H,5-8,10H2,1-4H3. The Balaban J connectivity index is 1.98. The van der Waals surface area contributed by atoms with Crippen LogP contribution in [-0.2, 0) is 6.42 Å². The number of ketones is 2. The number of carbonyl (C=O) groups is 2. The summed E-state index contributed by atoms with van der Waals surface area (Å²) >= 11 is 0. The third-order valence-corrected chi connectivity index (χ3v) is 7.14. The van der Waals surface area contributed by atoms with Crippen LogP contribution in [0, 0.1) is 24.2 Å². The summed E-state index contributed by atoms with van der Waals surface area (Å²) in [5, 5.41) is 53.1. The van der Waals surface area contributed by atoms with E-state index in [1.54, 1.807) is 13.0 Å². The maximum Gasteiger partial charge on any atom is 0.176 e. The van der Waals surface area contributed by atoms with E-state index in [0.29, 0.717) is 12.8 Å². The molecule has 0 saturated carbocycles. The van der Waals surface area contributed by atoms with Gasteiger partial charge in [-0.2, -0.15) is 5.26 Å². The van der Waals surface area contributed by atoms with E-state index in [1.165, 1.54) is 6.92 Å². The number of ether oxygens (including phenoxy) is 2. The van der Waals surface area contributed by atoms with Crippen LogP contribution in [-0.4, -0.2) is 44.2 Å². The van der Waals surface area contributed by atoms with Gasteiger partial charge in [0.05, 0.1) is 18.9 Å². The number of phenols is 4. The maximum absolute atomic E-state index is 13.0. The van der Waals surface area contributed by atoms with Crippen LogP contribution < -0.4 is 9.47 Å². The summed E-state index contributed by atoms with van der Waals surface area (Å²) in [6.07, 6.45) is 0.512. The molecule has 4 rings (SSSR count). The lowest BCUT2D eigenvalue weighted by atomic mass is 9.84. The van der Waals surface area contributed by atoms with Crippen molar-refractivity contribution in [3.63, 3.8) is 0 Å². The molecule has 2 aromatic rings. The molecule has 0 bridgehead atoms. The molecule has 4 N–H and O–H groups in total. The monoisotopic (exact) mass is 481 g/mol. The van der Waals surface area contributed by atoms with Gasteiger partial charge in [0, 0.05) is 23.1 Å². The summed E-state index contributed by atoms with van der Waals surface area (Å²) < 4.78 is 11.8. The van der Waals surface area contributed by atoms with Crippen LogP contribution in [0.4, 0.5) is 0 Å². The van der Waals surface area contributed by atoms with Gasteiger partial charge in [-0.15, -0.1) is 0 Å². The molecule has 2 aromatic carbocycles. The van der Waals surface area contributed by atoms with Gasteiger partial charge < -0.3 is 29.9 Å². The average Bonchev–Trinajstić information content (AvgIpc) is 2.81. The second kappa shape index (κ2) is 8.38. The first kappa shape index (κ1) is 24.2. The molecule has 0 aromatic heterocycles. The summed E-state index contributed by atoms with van der Waals surface area (Å²) in [7, 11) is 0. The smallest absolute Gasteiger partial charge is 0.176 e. The highest BCUT2D eigenvalue weighted by atomic mass is 16.5. The molecule has 2 aliphatic rings. The first-order valence-corrected chi connectivity index (χ1v) is 11.5. The number of nitrogens with zero attached hydrogens (tertiary/aromatic N) is 1. The molecular weight excluding hydrogens is 454 g/mol. The molecule has 0 aliphatic carbocycles. The van der Waals surface area contributed by atoms with Crippen LogP contribution in [0.2, 0.25) is 0 Å². The molecule has 0 spiro atoms. The van der Waals surface area contributed by atoms with Gasteiger partial charge in [-0.05, 0) is 26.7 Å². The van der Waals surface area contributed by atoms with Crippen LogP contribution in [0.5, 0.6) is 34.5 Å². The summed E-state index contributed by atoms with van der Waals surface area (Å²) in [6, 6.07) is 1.70. The van der Waals surface area contributed by atoms with Crippen molar-refractivity contribution in [3.8, 4) is 40.6 Å². The van der Waals surface area contributed by atoms with Crippen molar-refractivity contribution in [2.24, 2.45) is 5.92 Å². The van der Waals surface area contributed by atoms with Crippen molar-refractivity contribution in [1.82, 2.24) is 0 Å². The zero-order valence-corrected chi connectivity index (χ0v) is 20.0. The van der Waals surface area contributed by atoms with E-state index >= 15 is 0 Å². The Morgan fingerprint density at radius 3 is 2.29 bits per heavy atom. The first-order chi connectivity index (χ1) is 16.5. The maximum atomic E-state index is 13.0. The van der Waals surface area contributed by atoms with Crippen LogP contribution in [0.1, 0.15) is 83.0 Å². The topological polar surface area (TPSA) is 157 Å². The zero-order chi connectivity index (χ0) is 25.8. The predicted octanol–water partition coefficient (Wildman–Crippen LogP) is 4.02. The van der Waals surface area contributed by atoms with Crippen LogP contribution in [0.25, 0.3) is 0 Å². The van der Waals surface area contributed by atoms with Crippen LogP contribution in [0.15, 0.2) is 0 Å².